The van der Waals surface area contributed by atoms with Gasteiger partial charge in [0.15, 0.2) is 5.82 Å². The quantitative estimate of drug-likeness (QED) is 0.266. The molecule has 0 amide bonds. The van der Waals surface area contributed by atoms with E-state index in [0.29, 0.717) is 0 Å². The molecule has 0 spiro atoms. The fourth-order valence-electron chi connectivity index (χ4n) is 5.77. The summed E-state index contributed by atoms with van der Waals surface area (Å²) in [6, 6.07) is 38.6. The molecule has 0 fully saturated rings. The highest BCUT2D eigenvalue weighted by atomic mass is 14.9. The van der Waals surface area contributed by atoms with Gasteiger partial charge in [0.2, 0.25) is 0 Å². The van der Waals surface area contributed by atoms with Crippen LogP contribution in [0, 0.1) is 0 Å². The van der Waals surface area contributed by atoms with E-state index in [1.807, 2.05) is 12.1 Å². The molecule has 2 heteroatoms. The van der Waals surface area contributed by atoms with E-state index < -0.39 is 0 Å². The largest absolute Gasteiger partial charge is 0.228 e. The lowest BCUT2D eigenvalue weighted by Gasteiger charge is -2.21. The lowest BCUT2D eigenvalue weighted by molar-refractivity contribution is 0.661. The van der Waals surface area contributed by atoms with Crippen LogP contribution in [-0.4, -0.2) is 9.97 Å². The number of fused-ring (bicyclic) bond motifs is 6. The Morgan fingerprint density at radius 1 is 0.514 bits per heavy atom. The number of para-hydroxylation sites is 1. The van der Waals surface area contributed by atoms with Crippen molar-refractivity contribution in [1.29, 1.82) is 0 Å². The maximum absolute atomic E-state index is 5.15. The molecule has 0 N–H and O–H groups in total. The van der Waals surface area contributed by atoms with Crippen molar-refractivity contribution in [3.63, 3.8) is 0 Å². The summed E-state index contributed by atoms with van der Waals surface area (Å²) >= 11 is 0. The van der Waals surface area contributed by atoms with Crippen LogP contribution in [0.3, 0.4) is 0 Å². The average Bonchev–Trinajstić information content (AvgIpc) is 3.15. The molecule has 1 aliphatic rings. The molecule has 1 heterocycles. The molecule has 0 saturated carbocycles. The number of hydrogen-bond acceptors (Lipinski definition) is 2. The van der Waals surface area contributed by atoms with Crippen molar-refractivity contribution < 1.29 is 0 Å². The van der Waals surface area contributed by atoms with E-state index in [1.165, 1.54) is 33.0 Å². The van der Waals surface area contributed by atoms with Gasteiger partial charge in [0, 0.05) is 21.9 Å². The smallest absolute Gasteiger partial charge is 0.161 e. The number of hydrogen-bond donors (Lipinski definition) is 0. The molecular weight excluding hydrogens is 424 g/mol. The van der Waals surface area contributed by atoms with Gasteiger partial charge in [-0.1, -0.05) is 117 Å². The molecule has 0 bridgehead atoms. The predicted octanol–water partition coefficient (Wildman–Crippen LogP) is 8.42. The molecule has 1 aromatic heterocycles. The van der Waals surface area contributed by atoms with E-state index in [0.717, 1.165) is 33.5 Å². The van der Waals surface area contributed by atoms with E-state index in [-0.39, 0.29) is 5.41 Å². The summed E-state index contributed by atoms with van der Waals surface area (Å²) in [6.45, 7) is 4.65. The topological polar surface area (TPSA) is 25.8 Å². The molecule has 166 valence electrons. The first-order valence-electron chi connectivity index (χ1n) is 12.1. The molecule has 35 heavy (non-hydrogen) atoms. The van der Waals surface area contributed by atoms with Crippen LogP contribution in [-0.2, 0) is 5.41 Å². The van der Waals surface area contributed by atoms with Crippen LogP contribution < -0.4 is 0 Å². The van der Waals surface area contributed by atoms with Crippen LogP contribution in [0.2, 0.25) is 0 Å². The normalized spacial score (nSPS) is 13.7. The van der Waals surface area contributed by atoms with Crippen LogP contribution in [0.1, 0.15) is 25.0 Å². The second kappa shape index (κ2) is 7.35. The maximum atomic E-state index is 5.15. The second-order valence-corrected chi connectivity index (χ2v) is 9.84. The van der Waals surface area contributed by atoms with E-state index in [9.17, 15) is 0 Å². The van der Waals surface area contributed by atoms with E-state index >= 15 is 0 Å². The van der Waals surface area contributed by atoms with Gasteiger partial charge in [-0.05, 0) is 39.1 Å². The summed E-state index contributed by atoms with van der Waals surface area (Å²) in [5, 5.41) is 3.52. The fourth-order valence-corrected chi connectivity index (χ4v) is 5.77. The molecule has 5 aromatic carbocycles. The molecule has 6 aromatic rings. The van der Waals surface area contributed by atoms with Crippen molar-refractivity contribution in [2.75, 3.05) is 0 Å². The van der Waals surface area contributed by atoms with Gasteiger partial charge in [-0.3, -0.25) is 0 Å². The lowest BCUT2D eigenvalue weighted by Crippen LogP contribution is -2.14. The Morgan fingerprint density at radius 2 is 1.23 bits per heavy atom. The first-order valence-corrected chi connectivity index (χ1v) is 12.1. The van der Waals surface area contributed by atoms with Crippen LogP contribution in [0.25, 0.3) is 55.4 Å². The van der Waals surface area contributed by atoms with Gasteiger partial charge in [-0.2, -0.15) is 0 Å². The minimum absolute atomic E-state index is 0.0178. The maximum Gasteiger partial charge on any atom is 0.161 e. The van der Waals surface area contributed by atoms with Gasteiger partial charge < -0.3 is 0 Å². The Labute approximate surface area is 204 Å². The average molecular weight is 449 g/mol. The van der Waals surface area contributed by atoms with Crippen LogP contribution >= 0.6 is 0 Å². The predicted molar refractivity (Wildman–Crippen MR) is 145 cm³/mol. The SMILES string of the molecule is CC1(C)c2ccccc2-c2c1ccc1c(-c3nc(-c4ccccc4)c4ccccc4n3)cccc21. The van der Waals surface area contributed by atoms with Gasteiger partial charge in [-0.15, -0.1) is 0 Å². The van der Waals surface area contributed by atoms with Gasteiger partial charge in [0.25, 0.3) is 0 Å². The Hall–Kier alpha value is -4.30. The van der Waals surface area contributed by atoms with Crippen molar-refractivity contribution in [2.24, 2.45) is 0 Å². The number of nitrogens with zero attached hydrogens (tertiary/aromatic N) is 2. The monoisotopic (exact) mass is 448 g/mol. The van der Waals surface area contributed by atoms with Crippen molar-refractivity contribution in [3.05, 3.63) is 120 Å². The third-order valence-electron chi connectivity index (χ3n) is 7.50. The Morgan fingerprint density at radius 3 is 2.11 bits per heavy atom. The highest BCUT2D eigenvalue weighted by Gasteiger charge is 2.36. The Bertz CT molecular complexity index is 1760. The minimum atomic E-state index is -0.0178. The molecule has 1 aliphatic carbocycles. The molecule has 0 unspecified atom stereocenters. The highest BCUT2D eigenvalue weighted by Crippen LogP contribution is 2.51. The van der Waals surface area contributed by atoms with Gasteiger partial charge >= 0.3 is 0 Å². The van der Waals surface area contributed by atoms with Crippen LogP contribution in [0.5, 0.6) is 0 Å². The van der Waals surface area contributed by atoms with Gasteiger partial charge in [0.1, 0.15) is 0 Å². The van der Waals surface area contributed by atoms with E-state index in [2.05, 4.69) is 111 Å². The van der Waals surface area contributed by atoms with Crippen molar-refractivity contribution >= 4 is 21.7 Å². The first kappa shape index (κ1) is 20.1. The van der Waals surface area contributed by atoms with Gasteiger partial charge in [-0.25, -0.2) is 9.97 Å². The van der Waals surface area contributed by atoms with Crippen molar-refractivity contribution in [3.8, 4) is 33.8 Å². The first-order chi connectivity index (χ1) is 17.1. The van der Waals surface area contributed by atoms with Crippen LogP contribution in [0.15, 0.2) is 109 Å². The molecular formula is C33H24N2. The Balaban J connectivity index is 1.53. The summed E-state index contributed by atoms with van der Waals surface area (Å²) < 4.78 is 0. The minimum Gasteiger partial charge on any atom is -0.228 e. The van der Waals surface area contributed by atoms with E-state index in [4.69, 9.17) is 9.97 Å². The highest BCUT2D eigenvalue weighted by molar-refractivity contribution is 6.08. The fraction of sp³-hybridized carbons (Fsp3) is 0.0909. The zero-order valence-electron chi connectivity index (χ0n) is 19.8. The number of benzene rings is 5. The van der Waals surface area contributed by atoms with Gasteiger partial charge in [0.05, 0.1) is 11.2 Å². The van der Waals surface area contributed by atoms with Crippen molar-refractivity contribution in [2.45, 2.75) is 19.3 Å². The summed E-state index contributed by atoms with van der Waals surface area (Å²) in [7, 11) is 0. The molecule has 0 aliphatic heterocycles. The third-order valence-corrected chi connectivity index (χ3v) is 7.50. The summed E-state index contributed by atoms with van der Waals surface area (Å²) in [6.07, 6.45) is 0. The molecule has 0 saturated heterocycles. The van der Waals surface area contributed by atoms with Crippen LogP contribution in [0.4, 0.5) is 0 Å². The molecule has 0 radical (unpaired) electrons. The summed E-state index contributed by atoms with van der Waals surface area (Å²) in [4.78, 5) is 10.2. The van der Waals surface area contributed by atoms with Crippen molar-refractivity contribution in [1.82, 2.24) is 9.97 Å². The molecule has 7 rings (SSSR count). The summed E-state index contributed by atoms with van der Waals surface area (Å²) in [5.41, 5.74) is 9.52. The third kappa shape index (κ3) is 2.90. The zero-order valence-corrected chi connectivity index (χ0v) is 19.8. The molecule has 2 nitrogen and oxygen atoms in total. The summed E-state index contributed by atoms with van der Waals surface area (Å²) in [5.74, 6) is 0.763. The second-order valence-electron chi connectivity index (χ2n) is 9.84. The Kier molecular flexibility index (Phi) is 4.22. The van der Waals surface area contributed by atoms with E-state index in [1.54, 1.807) is 0 Å². The zero-order chi connectivity index (χ0) is 23.6. The number of aromatic nitrogens is 2. The standard InChI is InChI=1S/C33H24N2/c1-33(2)27-17-8-6-13-25(27)30-23-15-10-16-24(22(23)19-20-28(30)33)32-34-29-18-9-7-14-26(29)31(35-32)21-11-4-3-5-12-21/h3-20H,1-2H3. The number of rotatable bonds is 2. The molecule has 0 atom stereocenters. The lowest BCUT2D eigenvalue weighted by atomic mass is 9.82.